The van der Waals surface area contributed by atoms with Gasteiger partial charge in [-0.1, -0.05) is 0 Å². The Morgan fingerprint density at radius 3 is 2.14 bits per heavy atom. The molecule has 0 aromatic carbocycles. The number of aliphatic carboxylic acids is 1. The third kappa shape index (κ3) is 2.87. The molecule has 4 atom stereocenters. The standard InChI is InChI=1S/C16H18N4O7S2/c17-7-12(24)19-9(5(1-21)3-28-14(7)19)11(23)18-8-13(25)20-10(16(26)27)6(2-22)4-29-15(8)20/h7-8,14-15,21-22H,1-4,17H2,(H,18,23)(H,26,27)/t7-,8-,14-,15-/m1/s1. The van der Waals surface area contributed by atoms with Crippen molar-refractivity contribution in [2.75, 3.05) is 24.7 Å². The Labute approximate surface area is 172 Å². The third-order valence-corrected chi connectivity index (χ3v) is 7.92. The number of rotatable bonds is 5. The number of hydrogen-bond acceptors (Lipinski definition) is 9. The molecule has 13 heteroatoms. The van der Waals surface area contributed by atoms with Crippen molar-refractivity contribution >= 4 is 47.2 Å². The lowest BCUT2D eigenvalue weighted by Crippen LogP contribution is -2.72. The second kappa shape index (κ2) is 7.32. The summed E-state index contributed by atoms with van der Waals surface area (Å²) in [5, 5.41) is 29.9. The van der Waals surface area contributed by atoms with Crippen LogP contribution >= 0.6 is 23.5 Å². The normalized spacial score (nSPS) is 31.1. The highest BCUT2D eigenvalue weighted by molar-refractivity contribution is 8.00. The van der Waals surface area contributed by atoms with Crippen molar-refractivity contribution in [3.63, 3.8) is 0 Å². The van der Waals surface area contributed by atoms with Crippen molar-refractivity contribution in [1.29, 1.82) is 0 Å². The molecule has 2 fully saturated rings. The molecular formula is C16H18N4O7S2. The zero-order valence-corrected chi connectivity index (χ0v) is 16.5. The molecule has 4 aliphatic rings. The lowest BCUT2D eigenvalue weighted by Gasteiger charge is -2.51. The number of nitrogens with zero attached hydrogens (tertiary/aromatic N) is 2. The van der Waals surface area contributed by atoms with Gasteiger partial charge in [0.2, 0.25) is 5.91 Å². The molecule has 0 aromatic rings. The summed E-state index contributed by atoms with van der Waals surface area (Å²) in [6, 6.07) is -1.70. The first-order valence-corrected chi connectivity index (χ1v) is 10.8. The van der Waals surface area contributed by atoms with E-state index in [0.717, 1.165) is 4.90 Å². The van der Waals surface area contributed by atoms with Crippen LogP contribution in [0.5, 0.6) is 0 Å². The minimum atomic E-state index is -1.32. The number of thioether (sulfide) groups is 2. The molecule has 0 saturated carbocycles. The topological polar surface area (TPSA) is 173 Å². The highest BCUT2D eigenvalue weighted by atomic mass is 32.2. The van der Waals surface area contributed by atoms with E-state index in [1.54, 1.807) is 0 Å². The van der Waals surface area contributed by atoms with Crippen LogP contribution in [0.15, 0.2) is 22.5 Å². The van der Waals surface area contributed by atoms with E-state index in [4.69, 9.17) is 5.73 Å². The molecule has 29 heavy (non-hydrogen) atoms. The molecule has 0 unspecified atom stereocenters. The Balaban J connectivity index is 1.55. The molecular weight excluding hydrogens is 424 g/mol. The van der Waals surface area contributed by atoms with Gasteiger partial charge in [-0.05, 0) is 11.1 Å². The quantitative estimate of drug-likeness (QED) is 0.280. The number of fused-ring (bicyclic) bond motifs is 2. The van der Waals surface area contributed by atoms with Gasteiger partial charge in [0.1, 0.15) is 34.2 Å². The number of aliphatic hydroxyl groups excluding tert-OH is 2. The second-order valence-electron chi connectivity index (χ2n) is 6.82. The van der Waals surface area contributed by atoms with Crippen molar-refractivity contribution in [3.05, 3.63) is 22.5 Å². The molecule has 11 nitrogen and oxygen atoms in total. The van der Waals surface area contributed by atoms with Gasteiger partial charge in [0.05, 0.1) is 13.2 Å². The van der Waals surface area contributed by atoms with Gasteiger partial charge in [0.25, 0.3) is 11.8 Å². The van der Waals surface area contributed by atoms with Gasteiger partial charge in [0, 0.05) is 11.5 Å². The van der Waals surface area contributed by atoms with E-state index in [2.05, 4.69) is 5.32 Å². The minimum absolute atomic E-state index is 0.0000526. The van der Waals surface area contributed by atoms with Crippen LogP contribution in [-0.4, -0.2) is 96.4 Å². The van der Waals surface area contributed by atoms with Gasteiger partial charge in [0.15, 0.2) is 0 Å². The number of carbonyl (C=O) groups is 4. The zero-order valence-electron chi connectivity index (χ0n) is 14.9. The van der Waals surface area contributed by atoms with E-state index in [-0.39, 0.29) is 22.7 Å². The summed E-state index contributed by atoms with van der Waals surface area (Å²) in [6.45, 7) is -0.901. The number of hydrogen-bond donors (Lipinski definition) is 5. The maximum atomic E-state index is 12.9. The molecule has 0 radical (unpaired) electrons. The fourth-order valence-corrected chi connectivity index (χ4v) is 6.35. The molecule has 4 heterocycles. The van der Waals surface area contributed by atoms with Crippen LogP contribution in [0.1, 0.15) is 0 Å². The maximum Gasteiger partial charge on any atom is 0.352 e. The number of amides is 3. The average Bonchev–Trinajstić information content (AvgIpc) is 2.73. The van der Waals surface area contributed by atoms with Crippen molar-refractivity contribution in [1.82, 2.24) is 15.1 Å². The SMILES string of the molecule is N[C@@H]1C(=O)N2C(C(=O)N[C@@H]3C(=O)N4C(C(=O)O)=C(CO)CS[C@H]34)=C(CO)CS[C@H]12. The number of carboxylic acids is 1. The summed E-state index contributed by atoms with van der Waals surface area (Å²) in [7, 11) is 0. The predicted molar refractivity (Wildman–Crippen MR) is 102 cm³/mol. The molecule has 4 rings (SSSR count). The van der Waals surface area contributed by atoms with Crippen LogP contribution in [0.3, 0.4) is 0 Å². The Morgan fingerprint density at radius 2 is 1.55 bits per heavy atom. The van der Waals surface area contributed by atoms with E-state index < -0.39 is 59.7 Å². The minimum Gasteiger partial charge on any atom is -0.477 e. The Bertz CT molecular complexity index is 888. The highest BCUT2D eigenvalue weighted by Crippen LogP contribution is 2.42. The summed E-state index contributed by atoms with van der Waals surface area (Å²) >= 11 is 2.58. The summed E-state index contributed by atoms with van der Waals surface area (Å²) in [5.74, 6) is -2.52. The summed E-state index contributed by atoms with van der Waals surface area (Å²) < 4.78 is 0. The van der Waals surface area contributed by atoms with Crippen LogP contribution in [0.25, 0.3) is 0 Å². The third-order valence-electron chi connectivity index (χ3n) is 5.22. The van der Waals surface area contributed by atoms with E-state index in [1.807, 2.05) is 0 Å². The van der Waals surface area contributed by atoms with E-state index in [9.17, 15) is 34.5 Å². The number of carboxylic acid groups (broad SMARTS) is 1. The molecule has 0 aromatic heterocycles. The first kappa shape index (κ1) is 20.2. The molecule has 0 spiro atoms. The molecule has 156 valence electrons. The molecule has 4 aliphatic heterocycles. The largest absolute Gasteiger partial charge is 0.477 e. The fourth-order valence-electron chi connectivity index (χ4n) is 3.73. The number of β-lactam (4-membered cyclic amide) rings is 2. The number of carbonyl (C=O) groups excluding carboxylic acids is 3. The summed E-state index contributed by atoms with van der Waals surface area (Å²) in [5.41, 5.74) is 6.10. The van der Waals surface area contributed by atoms with Gasteiger partial charge >= 0.3 is 5.97 Å². The van der Waals surface area contributed by atoms with Crippen LogP contribution < -0.4 is 11.1 Å². The van der Waals surface area contributed by atoms with E-state index >= 15 is 0 Å². The van der Waals surface area contributed by atoms with E-state index in [0.29, 0.717) is 11.3 Å². The molecule has 0 aliphatic carbocycles. The van der Waals surface area contributed by atoms with E-state index in [1.165, 1.54) is 28.4 Å². The van der Waals surface area contributed by atoms with Crippen molar-refractivity contribution in [3.8, 4) is 0 Å². The maximum absolute atomic E-state index is 12.9. The number of nitrogens with one attached hydrogen (secondary N) is 1. The van der Waals surface area contributed by atoms with Crippen LogP contribution in [0, 0.1) is 0 Å². The summed E-state index contributed by atoms with van der Waals surface area (Å²) in [4.78, 5) is 51.4. The number of aliphatic hydroxyl groups is 2. The predicted octanol–water partition coefficient (Wildman–Crippen LogP) is -2.79. The lowest BCUT2D eigenvalue weighted by atomic mass is 10.0. The fraction of sp³-hybridized carbons (Fsp3) is 0.500. The molecule has 0 bridgehead atoms. The lowest BCUT2D eigenvalue weighted by molar-refractivity contribution is -0.151. The summed E-state index contributed by atoms with van der Waals surface area (Å²) in [6.07, 6.45) is 0. The van der Waals surface area contributed by atoms with Crippen molar-refractivity contribution in [2.45, 2.75) is 22.8 Å². The average molecular weight is 442 g/mol. The Kier molecular flexibility index (Phi) is 5.11. The molecule has 2 saturated heterocycles. The van der Waals surface area contributed by atoms with Gasteiger partial charge in [-0.15, -0.1) is 23.5 Å². The van der Waals surface area contributed by atoms with Gasteiger partial charge in [-0.25, -0.2) is 4.79 Å². The van der Waals surface area contributed by atoms with Crippen LogP contribution in [-0.2, 0) is 19.2 Å². The first-order valence-electron chi connectivity index (χ1n) is 8.66. The molecule has 6 N–H and O–H groups in total. The van der Waals surface area contributed by atoms with Crippen molar-refractivity contribution in [2.24, 2.45) is 5.73 Å². The number of nitrogens with two attached hydrogens (primary N) is 1. The van der Waals surface area contributed by atoms with Crippen LogP contribution in [0.2, 0.25) is 0 Å². The van der Waals surface area contributed by atoms with Gasteiger partial charge in [-0.3, -0.25) is 24.2 Å². The highest BCUT2D eigenvalue weighted by Gasteiger charge is 2.56. The smallest absolute Gasteiger partial charge is 0.352 e. The Hall–Kier alpha value is -2.06. The van der Waals surface area contributed by atoms with Gasteiger partial charge in [-0.2, -0.15) is 0 Å². The zero-order chi connectivity index (χ0) is 21.0. The van der Waals surface area contributed by atoms with Crippen LogP contribution in [0.4, 0.5) is 0 Å². The Morgan fingerprint density at radius 1 is 1.00 bits per heavy atom. The first-order chi connectivity index (χ1) is 13.8. The second-order valence-corrected chi connectivity index (χ2v) is 9.03. The van der Waals surface area contributed by atoms with Crippen molar-refractivity contribution < 1.29 is 34.5 Å². The monoisotopic (exact) mass is 442 g/mol. The molecule has 3 amide bonds. The van der Waals surface area contributed by atoms with Gasteiger partial charge < -0.3 is 26.4 Å².